The van der Waals surface area contributed by atoms with Crippen molar-refractivity contribution in [1.82, 2.24) is 14.3 Å². The van der Waals surface area contributed by atoms with E-state index in [1.54, 1.807) is 18.3 Å². The molecule has 0 aromatic carbocycles. The molecule has 2 aromatic heterocycles. The Bertz CT molecular complexity index is 727. The molecule has 0 spiro atoms. The van der Waals surface area contributed by atoms with E-state index in [1.807, 2.05) is 11.0 Å². The highest BCUT2D eigenvalue weighted by molar-refractivity contribution is 5.72. The molecule has 1 N–H and O–H groups in total. The summed E-state index contributed by atoms with van der Waals surface area (Å²) in [4.78, 5) is 29.3. The maximum Gasteiger partial charge on any atom is 0.334 e. The number of carboxylic acids is 1. The summed E-state index contributed by atoms with van der Waals surface area (Å²) in [6.45, 7) is 1.72. The first-order valence-corrected chi connectivity index (χ1v) is 6.67. The van der Waals surface area contributed by atoms with Crippen molar-refractivity contribution in [2.45, 2.75) is 12.6 Å². The minimum Gasteiger partial charge on any atom is -0.479 e. The topological polar surface area (TPSA) is 84.1 Å². The number of hydrogen-bond donors (Lipinski definition) is 1. The van der Waals surface area contributed by atoms with E-state index in [1.165, 1.54) is 10.5 Å². The van der Waals surface area contributed by atoms with Crippen LogP contribution in [0.1, 0.15) is 5.69 Å². The normalized spacial score (nSPS) is 19.7. The summed E-state index contributed by atoms with van der Waals surface area (Å²) in [5, 5.41) is 8.99. The van der Waals surface area contributed by atoms with Crippen molar-refractivity contribution in [2.24, 2.45) is 0 Å². The van der Waals surface area contributed by atoms with Gasteiger partial charge in [-0.25, -0.2) is 9.78 Å². The quantitative estimate of drug-likeness (QED) is 0.855. The molecule has 0 radical (unpaired) electrons. The van der Waals surface area contributed by atoms with E-state index in [2.05, 4.69) is 4.98 Å². The van der Waals surface area contributed by atoms with Gasteiger partial charge in [-0.15, -0.1) is 0 Å². The lowest BCUT2D eigenvalue weighted by atomic mass is 10.2. The summed E-state index contributed by atoms with van der Waals surface area (Å²) in [7, 11) is 0. The first-order valence-electron chi connectivity index (χ1n) is 6.67. The van der Waals surface area contributed by atoms with Gasteiger partial charge in [-0.2, -0.15) is 0 Å². The standard InChI is InChI=1S/C14H15N3O4/c18-13-7-10(15-12-3-1-2-4-17(12)13)8-16-5-6-21-11(9-16)14(19)20/h1-4,7,11H,5-6,8-9H2,(H,19,20). The van der Waals surface area contributed by atoms with Crippen LogP contribution in [0.15, 0.2) is 35.3 Å². The molecule has 1 atom stereocenters. The molecule has 0 saturated carbocycles. The van der Waals surface area contributed by atoms with Crippen molar-refractivity contribution in [3.63, 3.8) is 0 Å². The van der Waals surface area contributed by atoms with Gasteiger partial charge in [0.2, 0.25) is 0 Å². The number of ether oxygens (including phenoxy) is 1. The summed E-state index contributed by atoms with van der Waals surface area (Å²) in [6, 6.07) is 6.85. The maximum atomic E-state index is 12.0. The summed E-state index contributed by atoms with van der Waals surface area (Å²) in [6.07, 6.45) is 0.851. The smallest absolute Gasteiger partial charge is 0.334 e. The first kappa shape index (κ1) is 13.7. The number of hydrogen-bond acceptors (Lipinski definition) is 5. The fourth-order valence-electron chi connectivity index (χ4n) is 2.41. The molecule has 7 nitrogen and oxygen atoms in total. The second-order valence-corrected chi connectivity index (χ2v) is 4.95. The third-order valence-corrected chi connectivity index (χ3v) is 3.44. The lowest BCUT2D eigenvalue weighted by Crippen LogP contribution is -2.45. The van der Waals surface area contributed by atoms with Crippen LogP contribution in [-0.4, -0.2) is 51.2 Å². The molecule has 1 aliphatic rings. The molecular formula is C14H15N3O4. The van der Waals surface area contributed by atoms with E-state index < -0.39 is 12.1 Å². The van der Waals surface area contributed by atoms with E-state index >= 15 is 0 Å². The molecular weight excluding hydrogens is 274 g/mol. The Kier molecular flexibility index (Phi) is 3.68. The van der Waals surface area contributed by atoms with Gasteiger partial charge in [0, 0.05) is 31.9 Å². The molecule has 110 valence electrons. The minimum absolute atomic E-state index is 0.140. The van der Waals surface area contributed by atoms with Crippen LogP contribution in [0.2, 0.25) is 0 Å². The highest BCUT2D eigenvalue weighted by Crippen LogP contribution is 2.09. The van der Waals surface area contributed by atoms with Gasteiger partial charge in [-0.1, -0.05) is 6.07 Å². The van der Waals surface area contributed by atoms with Gasteiger partial charge in [-0.3, -0.25) is 14.1 Å². The molecule has 21 heavy (non-hydrogen) atoms. The molecule has 0 bridgehead atoms. The number of morpholine rings is 1. The average molecular weight is 289 g/mol. The Labute approximate surface area is 120 Å². The maximum absolute atomic E-state index is 12.0. The minimum atomic E-state index is -0.966. The van der Waals surface area contributed by atoms with Gasteiger partial charge in [0.15, 0.2) is 6.10 Å². The largest absolute Gasteiger partial charge is 0.479 e. The molecule has 0 amide bonds. The molecule has 2 aromatic rings. The zero-order valence-corrected chi connectivity index (χ0v) is 11.3. The van der Waals surface area contributed by atoms with Crippen molar-refractivity contribution in [3.8, 4) is 0 Å². The van der Waals surface area contributed by atoms with E-state index in [0.717, 1.165) is 0 Å². The highest BCUT2D eigenvalue weighted by atomic mass is 16.5. The van der Waals surface area contributed by atoms with Crippen LogP contribution >= 0.6 is 0 Å². The predicted molar refractivity (Wildman–Crippen MR) is 74.1 cm³/mol. The van der Waals surface area contributed by atoms with E-state index in [-0.39, 0.29) is 5.56 Å². The fourth-order valence-corrected chi connectivity index (χ4v) is 2.41. The summed E-state index contributed by atoms with van der Waals surface area (Å²) >= 11 is 0. The second kappa shape index (κ2) is 5.63. The van der Waals surface area contributed by atoms with Crippen molar-refractivity contribution in [1.29, 1.82) is 0 Å². The number of aromatic nitrogens is 2. The molecule has 1 unspecified atom stereocenters. The van der Waals surface area contributed by atoms with Gasteiger partial charge in [-0.05, 0) is 12.1 Å². The van der Waals surface area contributed by atoms with Crippen LogP contribution in [-0.2, 0) is 16.1 Å². The monoisotopic (exact) mass is 289 g/mol. The number of pyridine rings is 1. The lowest BCUT2D eigenvalue weighted by Gasteiger charge is -2.30. The van der Waals surface area contributed by atoms with Crippen molar-refractivity contribution >= 4 is 11.6 Å². The van der Waals surface area contributed by atoms with Crippen LogP contribution in [0, 0.1) is 0 Å². The number of fused-ring (bicyclic) bond motifs is 1. The zero-order valence-electron chi connectivity index (χ0n) is 11.3. The Balaban J connectivity index is 1.81. The van der Waals surface area contributed by atoms with Gasteiger partial charge >= 0.3 is 5.97 Å². The molecule has 3 heterocycles. The predicted octanol–water partition coefficient (Wildman–Crippen LogP) is -0.0201. The first-order chi connectivity index (χ1) is 10.1. The van der Waals surface area contributed by atoms with Gasteiger partial charge in [0.25, 0.3) is 5.56 Å². The average Bonchev–Trinajstić information content (AvgIpc) is 2.47. The molecule has 0 aliphatic carbocycles. The third kappa shape index (κ3) is 2.93. The third-order valence-electron chi connectivity index (χ3n) is 3.44. The van der Waals surface area contributed by atoms with Gasteiger partial charge in [0.1, 0.15) is 5.65 Å². The van der Waals surface area contributed by atoms with Gasteiger partial charge < -0.3 is 9.84 Å². The number of carboxylic acid groups (broad SMARTS) is 1. The molecule has 1 aliphatic heterocycles. The molecule has 1 saturated heterocycles. The van der Waals surface area contributed by atoms with Crippen LogP contribution in [0.5, 0.6) is 0 Å². The van der Waals surface area contributed by atoms with Gasteiger partial charge in [0.05, 0.1) is 12.3 Å². The second-order valence-electron chi connectivity index (χ2n) is 4.95. The number of carbonyl (C=O) groups is 1. The summed E-state index contributed by atoms with van der Waals surface area (Å²) in [5.74, 6) is -0.966. The summed E-state index contributed by atoms with van der Waals surface area (Å²) in [5.41, 5.74) is 1.08. The molecule has 7 heteroatoms. The number of aliphatic carboxylic acids is 1. The zero-order chi connectivity index (χ0) is 14.8. The number of nitrogens with zero attached hydrogens (tertiary/aromatic N) is 3. The van der Waals surface area contributed by atoms with Crippen LogP contribution in [0.25, 0.3) is 5.65 Å². The van der Waals surface area contributed by atoms with Crippen LogP contribution in [0.3, 0.4) is 0 Å². The Morgan fingerprint density at radius 2 is 2.33 bits per heavy atom. The molecule has 1 fully saturated rings. The van der Waals surface area contributed by atoms with Crippen LogP contribution < -0.4 is 5.56 Å². The number of rotatable bonds is 3. The van der Waals surface area contributed by atoms with E-state index in [4.69, 9.17) is 9.84 Å². The Morgan fingerprint density at radius 3 is 3.14 bits per heavy atom. The summed E-state index contributed by atoms with van der Waals surface area (Å²) < 4.78 is 6.65. The lowest BCUT2D eigenvalue weighted by molar-refractivity contribution is -0.156. The Hall–Kier alpha value is -2.25. The van der Waals surface area contributed by atoms with E-state index in [0.29, 0.717) is 37.6 Å². The Morgan fingerprint density at radius 1 is 1.48 bits per heavy atom. The SMILES string of the molecule is O=C(O)C1CN(Cc2cc(=O)n3ccccc3n2)CCO1. The van der Waals surface area contributed by atoms with Crippen molar-refractivity contribution in [2.75, 3.05) is 19.7 Å². The van der Waals surface area contributed by atoms with Crippen molar-refractivity contribution in [3.05, 3.63) is 46.5 Å². The molecule has 3 rings (SSSR count). The van der Waals surface area contributed by atoms with Crippen LogP contribution in [0.4, 0.5) is 0 Å². The fraction of sp³-hybridized carbons (Fsp3) is 0.357. The van der Waals surface area contributed by atoms with Crippen molar-refractivity contribution < 1.29 is 14.6 Å². The highest BCUT2D eigenvalue weighted by Gasteiger charge is 2.26. The van der Waals surface area contributed by atoms with E-state index in [9.17, 15) is 9.59 Å².